The van der Waals surface area contributed by atoms with Gasteiger partial charge < -0.3 is 15.3 Å². The van der Waals surface area contributed by atoms with Crippen LogP contribution in [0.2, 0.25) is 0 Å². The predicted octanol–water partition coefficient (Wildman–Crippen LogP) is 2.23. The summed E-state index contributed by atoms with van der Waals surface area (Å²) < 4.78 is 1.88. The first-order valence-electron chi connectivity index (χ1n) is 8.21. The molecule has 2 rings (SSSR count). The maximum atomic E-state index is 12.1. The Morgan fingerprint density at radius 2 is 2.00 bits per heavy atom. The molecule has 2 aromatic rings. The minimum Gasteiger partial charge on any atom is -0.481 e. The Kier molecular flexibility index (Phi) is 6.16. The molecule has 1 aromatic heterocycles. The van der Waals surface area contributed by atoms with Crippen LogP contribution in [-0.2, 0) is 11.2 Å². The van der Waals surface area contributed by atoms with Gasteiger partial charge in [-0.25, -0.2) is 9.48 Å². The number of amides is 2. The maximum Gasteiger partial charge on any atom is 0.317 e. The van der Waals surface area contributed by atoms with Crippen molar-refractivity contribution >= 4 is 12.0 Å². The lowest BCUT2D eigenvalue weighted by Crippen LogP contribution is -2.43. The van der Waals surface area contributed by atoms with E-state index in [2.05, 4.69) is 10.4 Å². The lowest BCUT2D eigenvalue weighted by molar-refractivity contribution is -0.137. The molecule has 7 heteroatoms. The zero-order valence-corrected chi connectivity index (χ0v) is 14.8. The summed E-state index contributed by atoms with van der Waals surface area (Å²) in [6, 6.07) is 11.4. The molecular formula is C18H24N4O3. The summed E-state index contributed by atoms with van der Waals surface area (Å²) in [6.45, 7) is 4.03. The van der Waals surface area contributed by atoms with E-state index in [-0.39, 0.29) is 25.0 Å². The number of aromatic nitrogens is 2. The third-order valence-electron chi connectivity index (χ3n) is 3.80. The highest BCUT2D eigenvalue weighted by Crippen LogP contribution is 2.14. The number of aryl methyl sites for hydroxylation is 1. The molecule has 0 saturated heterocycles. The van der Waals surface area contributed by atoms with Gasteiger partial charge in [-0.05, 0) is 32.0 Å². The first-order valence-corrected chi connectivity index (χ1v) is 8.21. The summed E-state index contributed by atoms with van der Waals surface area (Å²) >= 11 is 0. The fourth-order valence-electron chi connectivity index (χ4n) is 2.54. The van der Waals surface area contributed by atoms with Crippen LogP contribution in [0.5, 0.6) is 0 Å². The fourth-order valence-corrected chi connectivity index (χ4v) is 2.54. The topological polar surface area (TPSA) is 87.5 Å². The summed E-state index contributed by atoms with van der Waals surface area (Å²) in [5.74, 6) is -0.921. The van der Waals surface area contributed by atoms with Gasteiger partial charge in [0.1, 0.15) is 0 Å². The summed E-state index contributed by atoms with van der Waals surface area (Å²) in [6.07, 6.45) is 0.548. The number of aliphatic carboxylic acids is 1. The van der Waals surface area contributed by atoms with Gasteiger partial charge in [0, 0.05) is 31.7 Å². The fraction of sp³-hybridized carbons (Fsp3) is 0.389. The van der Waals surface area contributed by atoms with Gasteiger partial charge in [-0.1, -0.05) is 18.2 Å². The van der Waals surface area contributed by atoms with Crippen LogP contribution in [0, 0.1) is 6.92 Å². The number of nitrogens with zero attached hydrogens (tertiary/aromatic N) is 3. The zero-order chi connectivity index (χ0) is 18.4. The second kappa shape index (κ2) is 8.32. The van der Waals surface area contributed by atoms with Crippen molar-refractivity contribution in [2.24, 2.45) is 0 Å². The Morgan fingerprint density at radius 3 is 2.64 bits per heavy atom. The standard InChI is InChI=1S/C18H24N4O3/c1-13(19-18(25)21(3)10-9-17(23)24)11-16-12-14(2)20-22(16)15-7-5-4-6-8-15/h4-8,12-13H,9-11H2,1-3H3,(H,19,25)(H,23,24). The quantitative estimate of drug-likeness (QED) is 0.806. The number of benzene rings is 1. The van der Waals surface area contributed by atoms with Gasteiger partial charge in [-0.3, -0.25) is 4.79 Å². The average Bonchev–Trinajstić information content (AvgIpc) is 2.93. The Morgan fingerprint density at radius 1 is 1.32 bits per heavy atom. The molecule has 0 aliphatic heterocycles. The number of urea groups is 1. The summed E-state index contributed by atoms with van der Waals surface area (Å²) in [5, 5.41) is 16.1. The van der Waals surface area contributed by atoms with Crippen LogP contribution in [0.25, 0.3) is 5.69 Å². The summed E-state index contributed by atoms with van der Waals surface area (Å²) in [5.41, 5.74) is 2.89. The van der Waals surface area contributed by atoms with Gasteiger partial charge in [0.05, 0.1) is 17.8 Å². The number of carboxylic acid groups (broad SMARTS) is 1. The van der Waals surface area contributed by atoms with Crippen molar-refractivity contribution in [3.05, 3.63) is 47.8 Å². The zero-order valence-electron chi connectivity index (χ0n) is 14.8. The number of carbonyl (C=O) groups excluding carboxylic acids is 1. The van der Waals surface area contributed by atoms with E-state index in [9.17, 15) is 9.59 Å². The van der Waals surface area contributed by atoms with E-state index >= 15 is 0 Å². The molecule has 1 aromatic carbocycles. The highest BCUT2D eigenvalue weighted by molar-refractivity contribution is 5.75. The van der Waals surface area contributed by atoms with Crippen LogP contribution >= 0.6 is 0 Å². The Labute approximate surface area is 147 Å². The van der Waals surface area contributed by atoms with Gasteiger partial charge in [0.15, 0.2) is 0 Å². The Balaban J connectivity index is 2.00. The van der Waals surface area contributed by atoms with Crippen molar-refractivity contribution in [3.63, 3.8) is 0 Å². The summed E-state index contributed by atoms with van der Waals surface area (Å²) in [4.78, 5) is 24.1. The molecule has 0 bridgehead atoms. The van der Waals surface area contributed by atoms with E-state index in [1.54, 1.807) is 7.05 Å². The molecule has 134 valence electrons. The molecule has 25 heavy (non-hydrogen) atoms. The molecule has 0 fully saturated rings. The lowest BCUT2D eigenvalue weighted by atomic mass is 10.1. The van der Waals surface area contributed by atoms with Crippen molar-refractivity contribution in [3.8, 4) is 5.69 Å². The smallest absolute Gasteiger partial charge is 0.317 e. The van der Waals surface area contributed by atoms with Crippen LogP contribution in [0.1, 0.15) is 24.7 Å². The van der Waals surface area contributed by atoms with Crippen LogP contribution in [0.3, 0.4) is 0 Å². The normalized spacial score (nSPS) is 11.8. The van der Waals surface area contributed by atoms with Gasteiger partial charge in [0.25, 0.3) is 0 Å². The highest BCUT2D eigenvalue weighted by Gasteiger charge is 2.16. The van der Waals surface area contributed by atoms with Crippen LogP contribution in [0.4, 0.5) is 4.79 Å². The van der Waals surface area contributed by atoms with Crippen molar-refractivity contribution in [1.82, 2.24) is 20.0 Å². The molecule has 0 aliphatic carbocycles. The molecule has 0 spiro atoms. The molecule has 1 unspecified atom stereocenters. The van der Waals surface area contributed by atoms with E-state index in [0.29, 0.717) is 6.42 Å². The molecule has 0 saturated carbocycles. The average molecular weight is 344 g/mol. The minimum absolute atomic E-state index is 0.0712. The molecule has 0 aliphatic rings. The number of hydrogen-bond donors (Lipinski definition) is 2. The van der Waals surface area contributed by atoms with E-state index in [0.717, 1.165) is 17.1 Å². The SMILES string of the molecule is Cc1cc(CC(C)NC(=O)N(C)CCC(=O)O)n(-c2ccccc2)n1. The highest BCUT2D eigenvalue weighted by atomic mass is 16.4. The van der Waals surface area contributed by atoms with Gasteiger partial charge in [-0.15, -0.1) is 0 Å². The van der Waals surface area contributed by atoms with Gasteiger partial charge in [0.2, 0.25) is 0 Å². The third kappa shape index (κ3) is 5.34. The first-order chi connectivity index (χ1) is 11.9. The molecule has 2 N–H and O–H groups in total. The second-order valence-electron chi connectivity index (χ2n) is 6.14. The van der Waals surface area contributed by atoms with E-state index in [1.807, 2.05) is 54.9 Å². The van der Waals surface area contributed by atoms with Crippen LogP contribution in [-0.4, -0.2) is 51.4 Å². The van der Waals surface area contributed by atoms with E-state index < -0.39 is 5.97 Å². The van der Waals surface area contributed by atoms with E-state index in [4.69, 9.17) is 5.11 Å². The van der Waals surface area contributed by atoms with Crippen molar-refractivity contribution in [2.45, 2.75) is 32.7 Å². The molecule has 7 nitrogen and oxygen atoms in total. The monoisotopic (exact) mass is 344 g/mol. The summed E-state index contributed by atoms with van der Waals surface area (Å²) in [7, 11) is 1.59. The van der Waals surface area contributed by atoms with Crippen molar-refractivity contribution in [1.29, 1.82) is 0 Å². The number of carboxylic acids is 1. The first kappa shape index (κ1) is 18.5. The number of rotatable bonds is 7. The predicted molar refractivity (Wildman–Crippen MR) is 94.9 cm³/mol. The van der Waals surface area contributed by atoms with Crippen molar-refractivity contribution in [2.75, 3.05) is 13.6 Å². The lowest BCUT2D eigenvalue weighted by Gasteiger charge is -2.21. The Hall–Kier alpha value is -2.83. The van der Waals surface area contributed by atoms with Crippen LogP contribution < -0.4 is 5.32 Å². The second-order valence-corrected chi connectivity index (χ2v) is 6.14. The molecule has 2 amide bonds. The van der Waals surface area contributed by atoms with Gasteiger partial charge >= 0.3 is 12.0 Å². The third-order valence-corrected chi connectivity index (χ3v) is 3.80. The maximum absolute atomic E-state index is 12.1. The van der Waals surface area contributed by atoms with Gasteiger partial charge in [-0.2, -0.15) is 5.10 Å². The van der Waals surface area contributed by atoms with Crippen LogP contribution in [0.15, 0.2) is 36.4 Å². The number of para-hydroxylation sites is 1. The number of carbonyl (C=O) groups is 2. The minimum atomic E-state index is -0.921. The number of nitrogens with one attached hydrogen (secondary N) is 1. The van der Waals surface area contributed by atoms with Crippen molar-refractivity contribution < 1.29 is 14.7 Å². The number of hydrogen-bond acceptors (Lipinski definition) is 3. The Bertz CT molecular complexity index is 727. The largest absolute Gasteiger partial charge is 0.481 e. The van der Waals surface area contributed by atoms with E-state index in [1.165, 1.54) is 4.90 Å². The molecule has 0 radical (unpaired) electrons. The molecule has 1 atom stereocenters. The molecular weight excluding hydrogens is 320 g/mol. The molecule has 1 heterocycles.